The van der Waals surface area contributed by atoms with Crippen molar-refractivity contribution < 1.29 is 108 Å². The monoisotopic (exact) mass is 1010 g/mol. The summed E-state index contributed by atoms with van der Waals surface area (Å²) in [5.41, 5.74) is 1.28. The predicted molar refractivity (Wildman–Crippen MR) is 218 cm³/mol. The number of phenolic OH excluding ortho intramolecular Hbond substituents is 1. The Kier molecular flexibility index (Phi) is 26.9. The van der Waals surface area contributed by atoms with Gasteiger partial charge in [-0.1, -0.05) is 78.9 Å². The fourth-order valence-electron chi connectivity index (χ4n) is 4.58. The highest BCUT2D eigenvalue weighted by molar-refractivity contribution is 6.97. The van der Waals surface area contributed by atoms with Gasteiger partial charge in [0.05, 0.1) is 19.8 Å². The fraction of sp³-hybridized carbons (Fsp3) is 0.333. The summed E-state index contributed by atoms with van der Waals surface area (Å²) in [7, 11) is 1.31. The zero-order valence-corrected chi connectivity index (χ0v) is 36.2. The maximum Gasteiger partial charge on any atom is 0.399 e. The second-order valence-corrected chi connectivity index (χ2v) is 13.7. The van der Waals surface area contributed by atoms with E-state index in [4.69, 9.17) is 19.7 Å². The molecular weight excluding hydrogens is 970 g/mol. The summed E-state index contributed by atoms with van der Waals surface area (Å²) in [5.74, 6) is -8.23. The van der Waals surface area contributed by atoms with E-state index in [1.807, 2.05) is 30.3 Å². The number of carbonyl (C=O) groups excluding carboxylic acids is 5. The first-order valence-electron chi connectivity index (χ1n) is 18.4. The van der Waals surface area contributed by atoms with Gasteiger partial charge in [-0.3, -0.25) is 24.0 Å². The molecule has 0 amide bonds. The standard InChI is InChI=1S/C20H21F3O7.C10H9F3O2.C7H8O.C3H3F3O2.C2Cl2O2/c1-10-13(20(21,22)23)6-7-15(25)18(27)14(24)5-3-4-11-8-12(29-2)9-16(26)17(11)19(28)30-10;11-10(12,13)6-9(14)15-7-8-4-2-1-3-5-8;8-6-7-4-2-1-3-5-7;4-3(5,6)1-2(7)8;3-1(5)2(4)6/h3-4,6-10,13-14,18,24,26-27H,5H2,1-2H3;1-5H,6-7H2;1-5,8H,6H2;1H2,(H,7,8);/b4-3+,7-6-;;;;/t10?,13?,14-,18-;;;;/m0..../s1. The zero-order valence-electron chi connectivity index (χ0n) is 34.7. The lowest BCUT2D eigenvalue weighted by atomic mass is 9.98. The number of rotatable bonds is 7. The number of aliphatic carboxylic acids is 1. The Morgan fingerprint density at radius 1 is 0.791 bits per heavy atom. The Balaban J connectivity index is 0.000000965. The average molecular weight is 1010 g/mol. The van der Waals surface area contributed by atoms with Gasteiger partial charge in [0.15, 0.2) is 5.78 Å². The van der Waals surface area contributed by atoms with Gasteiger partial charge in [-0.15, -0.1) is 0 Å². The largest absolute Gasteiger partial charge is 0.507 e. The number of aliphatic hydroxyl groups is 3. The van der Waals surface area contributed by atoms with Crippen molar-refractivity contribution in [2.75, 3.05) is 7.11 Å². The highest BCUT2D eigenvalue weighted by atomic mass is 35.5. The summed E-state index contributed by atoms with van der Waals surface area (Å²) in [6, 6.07) is 20.5. The summed E-state index contributed by atoms with van der Waals surface area (Å²) in [4.78, 5) is 63.3. The topological polar surface area (TPSA) is 231 Å². The van der Waals surface area contributed by atoms with Crippen LogP contribution in [-0.2, 0) is 46.7 Å². The van der Waals surface area contributed by atoms with Gasteiger partial charge in [-0.25, -0.2) is 4.79 Å². The lowest BCUT2D eigenvalue weighted by Gasteiger charge is -2.24. The van der Waals surface area contributed by atoms with Crippen LogP contribution in [0.4, 0.5) is 39.5 Å². The Hall–Kier alpha value is -6.01. The number of hydrogen-bond acceptors (Lipinski definition) is 13. The van der Waals surface area contributed by atoms with Gasteiger partial charge in [0.1, 0.15) is 54.6 Å². The average Bonchev–Trinajstić information content (AvgIpc) is 3.21. The van der Waals surface area contributed by atoms with Crippen molar-refractivity contribution in [1.29, 1.82) is 0 Å². The first-order chi connectivity index (χ1) is 30.9. The molecule has 67 heavy (non-hydrogen) atoms. The number of benzene rings is 3. The summed E-state index contributed by atoms with van der Waals surface area (Å²) in [6.07, 6.45) is -19.2. The molecule has 370 valence electrons. The van der Waals surface area contributed by atoms with Crippen LogP contribution in [0.15, 0.2) is 91.0 Å². The van der Waals surface area contributed by atoms with Gasteiger partial charge >= 0.3 is 46.9 Å². The summed E-state index contributed by atoms with van der Waals surface area (Å²) in [5, 5.41) is 43.8. The predicted octanol–water partition coefficient (Wildman–Crippen LogP) is 7.79. The number of ketones is 1. The van der Waals surface area contributed by atoms with E-state index >= 15 is 0 Å². The first kappa shape index (κ1) is 61.0. The molecule has 0 aliphatic carbocycles. The van der Waals surface area contributed by atoms with Crippen LogP contribution in [0.2, 0.25) is 0 Å². The molecule has 0 saturated heterocycles. The van der Waals surface area contributed by atoms with Crippen molar-refractivity contribution in [1.82, 2.24) is 0 Å². The highest BCUT2D eigenvalue weighted by Crippen LogP contribution is 2.34. The van der Waals surface area contributed by atoms with E-state index in [2.05, 4.69) is 27.9 Å². The summed E-state index contributed by atoms with van der Waals surface area (Å²) in [6.45, 7) is 0.995. The molecule has 0 bridgehead atoms. The number of aromatic hydroxyl groups is 1. The lowest BCUT2D eigenvalue weighted by molar-refractivity contribution is -0.182. The third kappa shape index (κ3) is 27.3. The number of methoxy groups -OCH3 is 1. The Labute approximate surface area is 384 Å². The van der Waals surface area contributed by atoms with Gasteiger partial charge in [0.25, 0.3) is 0 Å². The Bertz CT molecular complexity index is 2100. The van der Waals surface area contributed by atoms with Crippen molar-refractivity contribution in [3.8, 4) is 11.5 Å². The molecule has 0 saturated carbocycles. The minimum atomic E-state index is -4.87. The summed E-state index contributed by atoms with van der Waals surface area (Å²) < 4.78 is 123. The van der Waals surface area contributed by atoms with Crippen LogP contribution in [0, 0.1) is 5.92 Å². The fourth-order valence-corrected chi connectivity index (χ4v) is 4.58. The quantitative estimate of drug-likeness (QED) is 0.0659. The SMILES string of the molecule is COc1cc(O)c2c(c1)/C=C/C[C@H](O)[C@H](O)C(=O)/C=C\C(C(F)(F)F)C(C)OC2=O.O=C(CC(F)(F)F)OCc1ccccc1.O=C(Cl)C(=O)Cl.O=C(O)CC(F)(F)F.OCc1ccccc1. The number of aliphatic hydroxyl groups excluding tert-OH is 3. The van der Waals surface area contributed by atoms with Crippen molar-refractivity contribution in [3.05, 3.63) is 113 Å². The number of ether oxygens (including phenoxy) is 3. The molecule has 1 heterocycles. The van der Waals surface area contributed by atoms with Crippen molar-refractivity contribution in [2.45, 2.75) is 76.2 Å². The van der Waals surface area contributed by atoms with Crippen LogP contribution in [-0.4, -0.2) is 104 Å². The van der Waals surface area contributed by atoms with Gasteiger partial charge in [0, 0.05) is 6.07 Å². The molecule has 25 heteroatoms. The molecular formula is C42H41Cl2F9O14. The molecule has 14 nitrogen and oxygen atoms in total. The molecule has 0 radical (unpaired) electrons. The number of esters is 2. The van der Waals surface area contributed by atoms with E-state index < -0.39 is 101 Å². The molecule has 1 aliphatic heterocycles. The first-order valence-corrected chi connectivity index (χ1v) is 19.2. The second kappa shape index (κ2) is 29.6. The van der Waals surface area contributed by atoms with Gasteiger partial charge in [-0.2, -0.15) is 39.5 Å². The smallest absolute Gasteiger partial charge is 0.399 e. The van der Waals surface area contributed by atoms with Crippen molar-refractivity contribution >= 4 is 63.5 Å². The number of carbonyl (C=O) groups is 6. The third-order valence-electron chi connectivity index (χ3n) is 7.66. The number of carboxylic acid groups (broad SMARTS) is 1. The van der Waals surface area contributed by atoms with Crippen LogP contribution in [0.5, 0.6) is 11.5 Å². The molecule has 5 N–H and O–H groups in total. The van der Waals surface area contributed by atoms with Crippen LogP contribution < -0.4 is 4.74 Å². The number of alkyl halides is 9. The molecule has 4 atom stereocenters. The molecule has 4 rings (SSSR count). The lowest BCUT2D eigenvalue weighted by Crippen LogP contribution is -2.36. The van der Waals surface area contributed by atoms with Crippen molar-refractivity contribution in [3.63, 3.8) is 0 Å². The summed E-state index contributed by atoms with van der Waals surface area (Å²) >= 11 is 8.98. The Morgan fingerprint density at radius 3 is 1.70 bits per heavy atom. The molecule has 1 aliphatic rings. The zero-order chi connectivity index (χ0) is 51.7. The number of cyclic esters (lactones) is 1. The number of halogens is 11. The van der Waals surface area contributed by atoms with E-state index in [-0.39, 0.29) is 30.9 Å². The van der Waals surface area contributed by atoms with Gasteiger partial charge in [-0.05, 0) is 65.4 Å². The number of hydrogen-bond donors (Lipinski definition) is 5. The van der Waals surface area contributed by atoms with E-state index in [1.54, 1.807) is 30.3 Å². The number of phenols is 1. The minimum Gasteiger partial charge on any atom is -0.507 e. The molecule has 2 unspecified atom stereocenters. The normalized spacial score (nSPS) is 18.2. The molecule has 3 aromatic rings. The van der Waals surface area contributed by atoms with E-state index in [9.17, 15) is 83.6 Å². The molecule has 0 fully saturated rings. The van der Waals surface area contributed by atoms with E-state index in [1.165, 1.54) is 25.3 Å². The molecule has 0 aromatic heterocycles. The molecule has 3 aromatic carbocycles. The number of carboxylic acids is 1. The minimum absolute atomic E-state index is 0.0493. The van der Waals surface area contributed by atoms with Crippen LogP contribution in [0.25, 0.3) is 6.08 Å². The van der Waals surface area contributed by atoms with Crippen LogP contribution >= 0.6 is 23.2 Å². The maximum absolute atomic E-state index is 13.4. The van der Waals surface area contributed by atoms with E-state index in [0.717, 1.165) is 18.6 Å². The van der Waals surface area contributed by atoms with Crippen LogP contribution in [0.3, 0.4) is 0 Å². The van der Waals surface area contributed by atoms with Crippen LogP contribution in [0.1, 0.15) is 53.2 Å². The van der Waals surface area contributed by atoms with Gasteiger partial charge < -0.3 is 39.7 Å². The molecule has 0 spiro atoms. The highest BCUT2D eigenvalue weighted by Gasteiger charge is 2.44. The van der Waals surface area contributed by atoms with Gasteiger partial charge in [0.2, 0.25) is 0 Å². The second-order valence-electron chi connectivity index (χ2n) is 13.0. The number of fused-ring (bicyclic) bond motifs is 1. The van der Waals surface area contributed by atoms with E-state index in [0.29, 0.717) is 17.7 Å². The maximum atomic E-state index is 13.4. The Morgan fingerprint density at radius 2 is 1.30 bits per heavy atom. The third-order valence-corrected chi connectivity index (χ3v) is 8.10. The van der Waals surface area contributed by atoms with Crippen molar-refractivity contribution in [2.24, 2.45) is 5.92 Å².